The molecule has 0 saturated carbocycles. The molecule has 0 aliphatic rings. The summed E-state index contributed by atoms with van der Waals surface area (Å²) in [7, 11) is 0. The van der Waals surface area contributed by atoms with E-state index in [1.165, 1.54) is 12.1 Å². The van der Waals surface area contributed by atoms with E-state index in [4.69, 9.17) is 0 Å². The Morgan fingerprint density at radius 1 is 1.05 bits per heavy atom. The van der Waals surface area contributed by atoms with Crippen molar-refractivity contribution >= 4 is 11.6 Å². The lowest BCUT2D eigenvalue weighted by atomic mass is 10.1. The molecular weight excluding hydrogens is 254 g/mol. The first-order chi connectivity index (χ1) is 9.50. The Hall–Kier alpha value is -2.49. The molecule has 104 valence electrons. The quantitative estimate of drug-likeness (QED) is 0.901. The van der Waals surface area contributed by atoms with Crippen LogP contribution in [0, 0.1) is 0 Å². The fourth-order valence-corrected chi connectivity index (χ4v) is 2.07. The Labute approximate surface area is 117 Å². The third-order valence-corrected chi connectivity index (χ3v) is 2.98. The van der Waals surface area contributed by atoms with Crippen LogP contribution < -0.4 is 4.90 Å². The van der Waals surface area contributed by atoms with Crippen LogP contribution in [0.5, 0.6) is 11.5 Å². The molecule has 2 aromatic rings. The summed E-state index contributed by atoms with van der Waals surface area (Å²) in [5.41, 5.74) is 0.931. The maximum atomic E-state index is 12.6. The molecule has 4 nitrogen and oxygen atoms in total. The molecule has 0 aliphatic heterocycles. The van der Waals surface area contributed by atoms with Crippen LogP contribution in [0.3, 0.4) is 0 Å². The van der Waals surface area contributed by atoms with Gasteiger partial charge in [-0.05, 0) is 38.1 Å². The molecule has 0 aromatic heterocycles. The molecule has 0 heterocycles. The van der Waals surface area contributed by atoms with Crippen molar-refractivity contribution < 1.29 is 15.0 Å². The zero-order valence-electron chi connectivity index (χ0n) is 11.4. The van der Waals surface area contributed by atoms with Gasteiger partial charge in [-0.15, -0.1) is 0 Å². The van der Waals surface area contributed by atoms with Crippen molar-refractivity contribution in [2.24, 2.45) is 0 Å². The summed E-state index contributed by atoms with van der Waals surface area (Å²) >= 11 is 0. The van der Waals surface area contributed by atoms with Crippen LogP contribution in [0.1, 0.15) is 24.2 Å². The first-order valence-corrected chi connectivity index (χ1v) is 6.41. The summed E-state index contributed by atoms with van der Waals surface area (Å²) in [4.78, 5) is 14.2. The lowest BCUT2D eigenvalue weighted by Gasteiger charge is -2.27. The molecule has 0 fully saturated rings. The van der Waals surface area contributed by atoms with Gasteiger partial charge in [-0.1, -0.05) is 18.2 Å². The minimum atomic E-state index is -0.302. The topological polar surface area (TPSA) is 60.8 Å². The van der Waals surface area contributed by atoms with Crippen molar-refractivity contribution in [2.75, 3.05) is 4.90 Å². The SMILES string of the molecule is CC(C)N(C(=O)c1ccc(O)cc1O)c1ccccc1. The number of hydrogen-bond acceptors (Lipinski definition) is 3. The largest absolute Gasteiger partial charge is 0.508 e. The number of phenols is 2. The van der Waals surface area contributed by atoms with Gasteiger partial charge in [-0.2, -0.15) is 0 Å². The molecular formula is C16H17NO3. The van der Waals surface area contributed by atoms with Crippen LogP contribution in [0.4, 0.5) is 5.69 Å². The van der Waals surface area contributed by atoms with Crippen LogP contribution in [0.2, 0.25) is 0 Å². The van der Waals surface area contributed by atoms with E-state index < -0.39 is 0 Å². The fraction of sp³-hybridized carbons (Fsp3) is 0.188. The number of rotatable bonds is 3. The van der Waals surface area contributed by atoms with Gasteiger partial charge >= 0.3 is 0 Å². The second-order valence-corrected chi connectivity index (χ2v) is 4.81. The zero-order valence-corrected chi connectivity index (χ0v) is 11.4. The van der Waals surface area contributed by atoms with Crippen LogP contribution >= 0.6 is 0 Å². The van der Waals surface area contributed by atoms with E-state index in [0.29, 0.717) is 0 Å². The van der Waals surface area contributed by atoms with Crippen molar-refractivity contribution in [1.29, 1.82) is 0 Å². The maximum Gasteiger partial charge on any atom is 0.262 e. The highest BCUT2D eigenvalue weighted by Gasteiger charge is 2.23. The standard InChI is InChI=1S/C16H17NO3/c1-11(2)17(12-6-4-3-5-7-12)16(20)14-9-8-13(18)10-15(14)19/h3-11,18-19H,1-2H3. The fourth-order valence-electron chi connectivity index (χ4n) is 2.07. The predicted molar refractivity (Wildman–Crippen MR) is 78.2 cm³/mol. The highest BCUT2D eigenvalue weighted by atomic mass is 16.3. The summed E-state index contributed by atoms with van der Waals surface area (Å²) in [6.45, 7) is 3.81. The lowest BCUT2D eigenvalue weighted by Crippen LogP contribution is -2.37. The van der Waals surface area contributed by atoms with Gasteiger partial charge in [-0.3, -0.25) is 4.79 Å². The zero-order chi connectivity index (χ0) is 14.7. The third kappa shape index (κ3) is 2.74. The smallest absolute Gasteiger partial charge is 0.262 e. The normalized spacial score (nSPS) is 10.6. The molecule has 0 bridgehead atoms. The van der Waals surface area contributed by atoms with Crippen LogP contribution in [0.15, 0.2) is 48.5 Å². The molecule has 0 unspecified atom stereocenters. The maximum absolute atomic E-state index is 12.6. The number of aromatic hydroxyl groups is 2. The number of phenolic OH excluding ortho intramolecular Hbond substituents is 2. The highest BCUT2D eigenvalue weighted by molar-refractivity contribution is 6.08. The molecule has 2 aromatic carbocycles. The van der Waals surface area contributed by atoms with Crippen LogP contribution in [-0.2, 0) is 0 Å². The Morgan fingerprint density at radius 3 is 2.25 bits per heavy atom. The highest BCUT2D eigenvalue weighted by Crippen LogP contribution is 2.27. The van der Waals surface area contributed by atoms with E-state index in [1.54, 1.807) is 4.90 Å². The Morgan fingerprint density at radius 2 is 1.70 bits per heavy atom. The average Bonchev–Trinajstić information content (AvgIpc) is 2.39. The summed E-state index contributed by atoms with van der Waals surface area (Å²) in [6.07, 6.45) is 0. The number of carbonyl (C=O) groups excluding carboxylic acids is 1. The first kappa shape index (κ1) is 13.9. The molecule has 0 atom stereocenters. The van der Waals surface area contributed by atoms with E-state index in [0.717, 1.165) is 11.8 Å². The molecule has 4 heteroatoms. The van der Waals surface area contributed by atoms with E-state index >= 15 is 0 Å². The van der Waals surface area contributed by atoms with E-state index in [2.05, 4.69) is 0 Å². The number of benzene rings is 2. The summed E-state index contributed by atoms with van der Waals surface area (Å²) < 4.78 is 0. The average molecular weight is 271 g/mol. The number of nitrogens with zero attached hydrogens (tertiary/aromatic N) is 1. The third-order valence-electron chi connectivity index (χ3n) is 2.98. The molecule has 0 saturated heterocycles. The van der Waals surface area contributed by atoms with Crippen molar-refractivity contribution in [3.05, 3.63) is 54.1 Å². The molecule has 0 spiro atoms. The molecule has 2 rings (SSSR count). The van der Waals surface area contributed by atoms with E-state index in [-0.39, 0.29) is 29.0 Å². The number of anilines is 1. The summed E-state index contributed by atoms with van der Waals surface area (Å²) in [5.74, 6) is -0.602. The number of hydrogen-bond donors (Lipinski definition) is 2. The minimum absolute atomic E-state index is 0.0573. The second kappa shape index (κ2) is 5.65. The first-order valence-electron chi connectivity index (χ1n) is 6.41. The monoisotopic (exact) mass is 271 g/mol. The molecule has 0 radical (unpaired) electrons. The lowest BCUT2D eigenvalue weighted by molar-refractivity contribution is 0.0977. The van der Waals surface area contributed by atoms with E-state index in [1.807, 2.05) is 44.2 Å². The molecule has 2 N–H and O–H groups in total. The van der Waals surface area contributed by atoms with Gasteiger partial charge in [0, 0.05) is 17.8 Å². The van der Waals surface area contributed by atoms with Crippen molar-refractivity contribution in [3.63, 3.8) is 0 Å². The number of carbonyl (C=O) groups is 1. The number of para-hydroxylation sites is 1. The van der Waals surface area contributed by atoms with Gasteiger partial charge in [0.15, 0.2) is 0 Å². The Kier molecular flexibility index (Phi) is 3.94. The second-order valence-electron chi connectivity index (χ2n) is 4.81. The van der Waals surface area contributed by atoms with Gasteiger partial charge in [0.2, 0.25) is 0 Å². The Balaban J connectivity index is 2.42. The number of amides is 1. The Bertz CT molecular complexity index is 608. The van der Waals surface area contributed by atoms with Crippen LogP contribution in [0.25, 0.3) is 0 Å². The van der Waals surface area contributed by atoms with Gasteiger partial charge in [-0.25, -0.2) is 0 Å². The van der Waals surface area contributed by atoms with Crippen molar-refractivity contribution in [2.45, 2.75) is 19.9 Å². The molecule has 1 amide bonds. The van der Waals surface area contributed by atoms with Gasteiger partial charge in [0.05, 0.1) is 5.56 Å². The predicted octanol–water partition coefficient (Wildman–Crippen LogP) is 3.15. The van der Waals surface area contributed by atoms with Gasteiger partial charge < -0.3 is 15.1 Å². The molecule has 20 heavy (non-hydrogen) atoms. The van der Waals surface area contributed by atoms with Crippen LogP contribution in [-0.4, -0.2) is 22.2 Å². The molecule has 0 aliphatic carbocycles. The van der Waals surface area contributed by atoms with Crippen molar-refractivity contribution in [1.82, 2.24) is 0 Å². The van der Waals surface area contributed by atoms with Gasteiger partial charge in [0.25, 0.3) is 5.91 Å². The summed E-state index contributed by atoms with van der Waals surface area (Å²) in [5, 5.41) is 19.1. The van der Waals surface area contributed by atoms with E-state index in [9.17, 15) is 15.0 Å². The van der Waals surface area contributed by atoms with Crippen molar-refractivity contribution in [3.8, 4) is 11.5 Å². The van der Waals surface area contributed by atoms with Gasteiger partial charge in [0.1, 0.15) is 11.5 Å². The minimum Gasteiger partial charge on any atom is -0.508 e. The summed E-state index contributed by atoms with van der Waals surface area (Å²) in [6, 6.07) is 13.2.